The van der Waals surface area contributed by atoms with Crippen LogP contribution in [-0.4, -0.2) is 35.0 Å². The maximum absolute atomic E-state index is 13.3. The van der Waals surface area contributed by atoms with Gasteiger partial charge in [0.15, 0.2) is 0 Å². The molecule has 0 bridgehead atoms. The number of benzene rings is 1. The summed E-state index contributed by atoms with van der Waals surface area (Å²) in [6.07, 6.45) is 0. The third kappa shape index (κ3) is 3.66. The van der Waals surface area contributed by atoms with Gasteiger partial charge in [-0.1, -0.05) is 12.1 Å². The van der Waals surface area contributed by atoms with E-state index < -0.39 is 5.97 Å². The highest BCUT2D eigenvalue weighted by Gasteiger charge is 2.20. The summed E-state index contributed by atoms with van der Waals surface area (Å²) in [6, 6.07) is 6.37. The maximum Gasteiger partial charge on any atom is 0.348 e. The highest BCUT2D eigenvalue weighted by Crippen LogP contribution is 2.27. The fourth-order valence-electron chi connectivity index (χ4n) is 2.81. The Morgan fingerprint density at radius 3 is 2.85 bits per heavy atom. The summed E-state index contributed by atoms with van der Waals surface area (Å²) in [7, 11) is 3.16. The number of H-pyrrole nitrogens is 1. The molecule has 136 valence electrons. The molecule has 0 saturated heterocycles. The molecule has 0 aliphatic carbocycles. The number of methoxy groups -OCH3 is 1. The molecule has 0 aliphatic heterocycles. The van der Waals surface area contributed by atoms with Crippen LogP contribution in [0.3, 0.4) is 0 Å². The van der Waals surface area contributed by atoms with Gasteiger partial charge in [-0.15, -0.1) is 11.3 Å². The number of halogens is 1. The number of rotatable bonds is 5. The minimum absolute atomic E-state index is 0.284. The molecule has 0 amide bonds. The fraction of sp³-hybridized carbons (Fsp3) is 0.278. The van der Waals surface area contributed by atoms with E-state index in [-0.39, 0.29) is 11.4 Å². The Balaban J connectivity index is 1.86. The molecular formula is C18H18FN3O3S. The molecule has 2 aromatic heterocycles. The number of ether oxygens (including phenoxy) is 1. The number of carbonyl (C=O) groups excluding carboxylic acids is 1. The number of aryl methyl sites for hydroxylation is 1. The summed E-state index contributed by atoms with van der Waals surface area (Å²) in [5.41, 5.74) is 1.12. The van der Waals surface area contributed by atoms with Crippen LogP contribution in [0.25, 0.3) is 10.2 Å². The molecule has 0 unspecified atom stereocenters. The Hall–Kier alpha value is -2.58. The topological polar surface area (TPSA) is 75.3 Å². The number of fused-ring (bicyclic) bond motifs is 1. The van der Waals surface area contributed by atoms with Crippen molar-refractivity contribution in [1.29, 1.82) is 0 Å². The van der Waals surface area contributed by atoms with Gasteiger partial charge in [0.2, 0.25) is 0 Å². The minimum atomic E-state index is -0.477. The number of nitrogens with zero attached hydrogens (tertiary/aromatic N) is 2. The van der Waals surface area contributed by atoms with Gasteiger partial charge in [0.1, 0.15) is 21.3 Å². The van der Waals surface area contributed by atoms with Gasteiger partial charge in [0, 0.05) is 6.54 Å². The van der Waals surface area contributed by atoms with Crippen molar-refractivity contribution in [2.24, 2.45) is 0 Å². The van der Waals surface area contributed by atoms with E-state index in [2.05, 4.69) is 9.97 Å². The second-order valence-electron chi connectivity index (χ2n) is 6.04. The average molecular weight is 375 g/mol. The summed E-state index contributed by atoms with van der Waals surface area (Å²) < 4.78 is 18.0. The lowest BCUT2D eigenvalue weighted by molar-refractivity contribution is 0.0605. The van der Waals surface area contributed by atoms with E-state index in [0.717, 1.165) is 16.9 Å². The van der Waals surface area contributed by atoms with Crippen LogP contribution in [-0.2, 0) is 17.8 Å². The molecule has 1 aromatic carbocycles. The molecular weight excluding hydrogens is 357 g/mol. The number of thiophene rings is 1. The first-order valence-corrected chi connectivity index (χ1v) is 8.74. The molecule has 2 heterocycles. The SMILES string of the molecule is COC(=O)c1sc2nc(CN(C)Cc3cccc(F)c3)[nH]c(=O)c2c1C. The molecule has 0 saturated carbocycles. The number of aromatic amines is 1. The monoisotopic (exact) mass is 375 g/mol. The van der Waals surface area contributed by atoms with Gasteiger partial charge < -0.3 is 9.72 Å². The lowest BCUT2D eigenvalue weighted by Crippen LogP contribution is -2.21. The van der Waals surface area contributed by atoms with Crippen molar-refractivity contribution >= 4 is 27.5 Å². The number of nitrogens with one attached hydrogen (secondary N) is 1. The summed E-state index contributed by atoms with van der Waals surface area (Å²) in [6.45, 7) is 2.60. The molecule has 0 fully saturated rings. The van der Waals surface area contributed by atoms with Gasteiger partial charge in [-0.3, -0.25) is 9.69 Å². The third-order valence-corrected chi connectivity index (χ3v) is 5.15. The predicted octanol–water partition coefficient (Wildman–Crippen LogP) is 2.85. The van der Waals surface area contributed by atoms with E-state index in [0.29, 0.717) is 39.6 Å². The molecule has 8 heteroatoms. The quantitative estimate of drug-likeness (QED) is 0.694. The normalized spacial score (nSPS) is 11.3. The molecule has 0 radical (unpaired) electrons. The standard InChI is InChI=1S/C18H18FN3O3S/c1-10-14-16(23)20-13(21-17(14)26-15(10)18(24)25-3)9-22(2)8-11-5-4-6-12(19)7-11/h4-7H,8-9H2,1-3H3,(H,20,21,23). The Morgan fingerprint density at radius 2 is 2.15 bits per heavy atom. The largest absolute Gasteiger partial charge is 0.465 e. The molecule has 0 aliphatic rings. The van der Waals surface area contributed by atoms with Gasteiger partial charge in [-0.2, -0.15) is 0 Å². The number of esters is 1. The first-order valence-electron chi connectivity index (χ1n) is 7.92. The average Bonchev–Trinajstić information content (AvgIpc) is 2.91. The second-order valence-corrected chi connectivity index (χ2v) is 7.04. The maximum atomic E-state index is 13.3. The highest BCUT2D eigenvalue weighted by atomic mass is 32.1. The van der Waals surface area contributed by atoms with Crippen molar-refractivity contribution in [3.63, 3.8) is 0 Å². The van der Waals surface area contributed by atoms with Crippen molar-refractivity contribution in [1.82, 2.24) is 14.9 Å². The van der Waals surface area contributed by atoms with Crippen LogP contribution >= 0.6 is 11.3 Å². The number of hydrogen-bond donors (Lipinski definition) is 1. The molecule has 6 nitrogen and oxygen atoms in total. The van der Waals surface area contributed by atoms with E-state index in [1.54, 1.807) is 13.0 Å². The van der Waals surface area contributed by atoms with Gasteiger partial charge in [0.25, 0.3) is 5.56 Å². The Bertz CT molecular complexity index is 1030. The second kappa shape index (κ2) is 7.35. The molecule has 0 spiro atoms. The first kappa shape index (κ1) is 18.2. The summed E-state index contributed by atoms with van der Waals surface area (Å²) >= 11 is 1.14. The number of hydrogen-bond acceptors (Lipinski definition) is 6. The molecule has 1 N–H and O–H groups in total. The first-order chi connectivity index (χ1) is 12.4. The van der Waals surface area contributed by atoms with Crippen LogP contribution in [0.4, 0.5) is 4.39 Å². The van der Waals surface area contributed by atoms with Crippen molar-refractivity contribution < 1.29 is 13.9 Å². The Labute approximate surface area is 153 Å². The fourth-order valence-corrected chi connectivity index (χ4v) is 3.93. The van der Waals surface area contributed by atoms with Crippen LogP contribution in [0.5, 0.6) is 0 Å². The van der Waals surface area contributed by atoms with Crippen molar-refractivity contribution in [3.8, 4) is 0 Å². The zero-order valence-corrected chi connectivity index (χ0v) is 15.4. The predicted molar refractivity (Wildman–Crippen MR) is 97.9 cm³/mol. The van der Waals surface area contributed by atoms with Crippen LogP contribution < -0.4 is 5.56 Å². The lowest BCUT2D eigenvalue weighted by Gasteiger charge is -2.16. The molecule has 3 aromatic rings. The van der Waals surface area contributed by atoms with Crippen molar-refractivity contribution in [3.05, 3.63) is 62.3 Å². The van der Waals surface area contributed by atoms with Gasteiger partial charge >= 0.3 is 5.97 Å². The van der Waals surface area contributed by atoms with Crippen LogP contribution in [0, 0.1) is 12.7 Å². The Morgan fingerprint density at radius 1 is 1.38 bits per heavy atom. The smallest absolute Gasteiger partial charge is 0.348 e. The minimum Gasteiger partial charge on any atom is -0.465 e. The van der Waals surface area contributed by atoms with Gasteiger partial charge in [-0.05, 0) is 37.2 Å². The molecule has 3 rings (SSSR count). The molecule has 0 atom stereocenters. The van der Waals surface area contributed by atoms with Gasteiger partial charge in [0.05, 0.1) is 19.0 Å². The van der Waals surface area contributed by atoms with E-state index in [1.807, 2.05) is 18.0 Å². The summed E-state index contributed by atoms with van der Waals surface area (Å²) in [5.74, 6) is -0.276. The van der Waals surface area contributed by atoms with Crippen LogP contribution in [0.15, 0.2) is 29.1 Å². The zero-order valence-electron chi connectivity index (χ0n) is 14.6. The summed E-state index contributed by atoms with van der Waals surface area (Å²) in [4.78, 5) is 34.3. The van der Waals surface area contributed by atoms with Gasteiger partial charge in [-0.25, -0.2) is 14.2 Å². The number of aromatic nitrogens is 2. The molecule has 26 heavy (non-hydrogen) atoms. The van der Waals surface area contributed by atoms with E-state index in [4.69, 9.17) is 4.74 Å². The third-order valence-electron chi connectivity index (χ3n) is 3.98. The lowest BCUT2D eigenvalue weighted by atomic mass is 10.2. The van der Waals surface area contributed by atoms with E-state index in [9.17, 15) is 14.0 Å². The Kier molecular flexibility index (Phi) is 5.15. The van der Waals surface area contributed by atoms with E-state index in [1.165, 1.54) is 19.2 Å². The zero-order chi connectivity index (χ0) is 18.8. The van der Waals surface area contributed by atoms with Crippen molar-refractivity contribution in [2.75, 3.05) is 14.2 Å². The highest BCUT2D eigenvalue weighted by molar-refractivity contribution is 7.20. The summed E-state index contributed by atoms with van der Waals surface area (Å²) in [5, 5.41) is 0.409. The van der Waals surface area contributed by atoms with Crippen LogP contribution in [0.1, 0.15) is 26.6 Å². The van der Waals surface area contributed by atoms with E-state index >= 15 is 0 Å². The van der Waals surface area contributed by atoms with Crippen LogP contribution in [0.2, 0.25) is 0 Å². The van der Waals surface area contributed by atoms with Crippen molar-refractivity contribution in [2.45, 2.75) is 20.0 Å². The number of carbonyl (C=O) groups is 1.